The van der Waals surface area contributed by atoms with Crippen LogP contribution in [0.1, 0.15) is 0 Å². The van der Waals surface area contributed by atoms with Gasteiger partial charge in [-0.25, -0.2) is 0 Å². The number of para-hydroxylation sites is 1. The van der Waals surface area contributed by atoms with E-state index in [2.05, 4.69) is 162 Å². The highest BCUT2D eigenvalue weighted by molar-refractivity contribution is 6.21. The summed E-state index contributed by atoms with van der Waals surface area (Å²) in [7, 11) is 0. The molecule has 9 rings (SSSR count). The minimum Gasteiger partial charge on any atom is -0.354 e. The Morgan fingerprint density at radius 1 is 0.452 bits per heavy atom. The van der Waals surface area contributed by atoms with Gasteiger partial charge in [0, 0.05) is 38.8 Å². The van der Waals surface area contributed by atoms with Crippen LogP contribution in [-0.2, 0) is 0 Å². The monoisotopic (exact) mass is 534 g/mol. The maximum atomic E-state index is 3.79. The van der Waals surface area contributed by atoms with E-state index in [9.17, 15) is 0 Å². The van der Waals surface area contributed by atoms with Crippen LogP contribution >= 0.6 is 0 Å². The van der Waals surface area contributed by atoms with Crippen molar-refractivity contribution in [1.82, 2.24) is 4.98 Å². The molecule has 1 aliphatic rings. The third kappa shape index (κ3) is 3.39. The smallest absolute Gasteiger partial charge is 0.0551 e. The Morgan fingerprint density at radius 2 is 1.14 bits per heavy atom. The second-order valence-corrected chi connectivity index (χ2v) is 11.1. The van der Waals surface area contributed by atoms with Crippen molar-refractivity contribution in [1.29, 1.82) is 0 Å². The molecule has 0 saturated heterocycles. The molecular formula is C40H26N2. The average Bonchev–Trinajstić information content (AvgIpc) is 3.58. The number of aromatic amines is 1. The van der Waals surface area contributed by atoms with E-state index in [1.54, 1.807) is 0 Å². The quantitative estimate of drug-likeness (QED) is 0.238. The standard InChI is InChI=1S/C40H26N2/c1-2-15-30(16-3-1)42(37-21-9-11-26-10-4-5-18-32(26)37)31-17-6-14-28(24-31)29-22-23-33-36(25-29)41-40-35-20-8-13-27-12-7-19-34(38(27)35)39(33)40/h1-25,41H. The molecule has 8 aromatic rings. The molecule has 1 aliphatic carbocycles. The molecule has 7 aromatic carbocycles. The second-order valence-electron chi connectivity index (χ2n) is 11.1. The Bertz CT molecular complexity index is 2300. The molecule has 0 amide bonds. The summed E-state index contributed by atoms with van der Waals surface area (Å²) >= 11 is 0. The summed E-state index contributed by atoms with van der Waals surface area (Å²) < 4.78 is 0. The minimum atomic E-state index is 1.13. The number of aromatic nitrogens is 1. The Morgan fingerprint density at radius 3 is 2.05 bits per heavy atom. The first-order valence-corrected chi connectivity index (χ1v) is 14.5. The molecule has 0 aliphatic heterocycles. The van der Waals surface area contributed by atoms with Crippen LogP contribution in [0, 0.1) is 0 Å². The van der Waals surface area contributed by atoms with E-state index in [0.717, 1.165) is 11.4 Å². The highest BCUT2D eigenvalue weighted by atomic mass is 15.1. The van der Waals surface area contributed by atoms with Crippen molar-refractivity contribution in [2.75, 3.05) is 4.90 Å². The molecular weight excluding hydrogens is 508 g/mol. The first kappa shape index (κ1) is 23.1. The molecule has 1 N–H and O–H groups in total. The molecule has 0 spiro atoms. The summed E-state index contributed by atoms with van der Waals surface area (Å²) in [5.41, 5.74) is 12.2. The number of fused-ring (bicyclic) bond motifs is 6. The Balaban J connectivity index is 1.19. The number of nitrogens with zero attached hydrogens (tertiary/aromatic N) is 1. The third-order valence-corrected chi connectivity index (χ3v) is 8.70. The highest BCUT2D eigenvalue weighted by Crippen LogP contribution is 2.50. The number of rotatable bonds is 4. The molecule has 1 aromatic heterocycles. The zero-order valence-corrected chi connectivity index (χ0v) is 22.9. The average molecular weight is 535 g/mol. The molecule has 196 valence electrons. The van der Waals surface area contributed by atoms with Gasteiger partial charge in [-0.1, -0.05) is 115 Å². The van der Waals surface area contributed by atoms with Gasteiger partial charge >= 0.3 is 0 Å². The first-order chi connectivity index (χ1) is 20.8. The van der Waals surface area contributed by atoms with Gasteiger partial charge in [0.2, 0.25) is 0 Å². The number of benzene rings is 7. The Labute approximate surface area is 244 Å². The maximum absolute atomic E-state index is 3.79. The zero-order chi connectivity index (χ0) is 27.6. The molecule has 0 atom stereocenters. The molecule has 1 heterocycles. The van der Waals surface area contributed by atoms with Gasteiger partial charge in [0.05, 0.1) is 11.4 Å². The summed E-state index contributed by atoms with van der Waals surface area (Å²) in [5.74, 6) is 0. The van der Waals surface area contributed by atoms with Crippen molar-refractivity contribution in [2.45, 2.75) is 0 Å². The second kappa shape index (κ2) is 8.95. The molecule has 0 radical (unpaired) electrons. The van der Waals surface area contributed by atoms with Crippen LogP contribution in [0.25, 0.3) is 66.0 Å². The summed E-state index contributed by atoms with van der Waals surface area (Å²) in [4.78, 5) is 6.16. The van der Waals surface area contributed by atoms with Gasteiger partial charge in [-0.05, 0) is 69.2 Å². The van der Waals surface area contributed by atoms with Gasteiger partial charge in [0.25, 0.3) is 0 Å². The lowest BCUT2D eigenvalue weighted by Gasteiger charge is -2.27. The van der Waals surface area contributed by atoms with Gasteiger partial charge in [-0.15, -0.1) is 0 Å². The molecule has 2 nitrogen and oxygen atoms in total. The molecule has 0 fully saturated rings. The fourth-order valence-corrected chi connectivity index (χ4v) is 6.85. The van der Waals surface area contributed by atoms with Crippen molar-refractivity contribution >= 4 is 49.5 Å². The predicted octanol–water partition coefficient (Wildman–Crippen LogP) is 11.3. The first-order valence-electron chi connectivity index (χ1n) is 14.5. The van der Waals surface area contributed by atoms with Crippen molar-refractivity contribution in [2.24, 2.45) is 0 Å². The SMILES string of the molecule is c1ccc(N(c2cccc(-c3ccc4c5c([nH]c4c3)-c3cccc4cccc-5c34)c2)c2cccc3ccccc23)cc1. The lowest BCUT2D eigenvalue weighted by molar-refractivity contribution is 1.30. The summed E-state index contributed by atoms with van der Waals surface area (Å²) in [6.07, 6.45) is 0. The largest absolute Gasteiger partial charge is 0.354 e. The normalized spacial score (nSPS) is 11.8. The molecule has 2 heteroatoms. The predicted molar refractivity (Wildman–Crippen MR) is 178 cm³/mol. The van der Waals surface area contributed by atoms with Gasteiger partial charge < -0.3 is 9.88 Å². The fourth-order valence-electron chi connectivity index (χ4n) is 6.85. The van der Waals surface area contributed by atoms with E-state index in [4.69, 9.17) is 0 Å². The van der Waals surface area contributed by atoms with Crippen LogP contribution in [0.15, 0.2) is 152 Å². The van der Waals surface area contributed by atoms with Crippen LogP contribution in [0.4, 0.5) is 17.1 Å². The zero-order valence-electron chi connectivity index (χ0n) is 22.9. The van der Waals surface area contributed by atoms with E-state index >= 15 is 0 Å². The Hall–Kier alpha value is -5.60. The molecule has 0 saturated carbocycles. The number of hydrogen-bond donors (Lipinski definition) is 1. The van der Waals surface area contributed by atoms with E-state index in [-0.39, 0.29) is 0 Å². The van der Waals surface area contributed by atoms with Gasteiger partial charge in [0.1, 0.15) is 0 Å². The molecule has 0 bridgehead atoms. The van der Waals surface area contributed by atoms with Crippen LogP contribution in [0.5, 0.6) is 0 Å². The van der Waals surface area contributed by atoms with Crippen molar-refractivity contribution in [3.63, 3.8) is 0 Å². The van der Waals surface area contributed by atoms with E-state index in [1.807, 2.05) is 0 Å². The van der Waals surface area contributed by atoms with Crippen molar-refractivity contribution in [3.8, 4) is 33.5 Å². The van der Waals surface area contributed by atoms with Crippen LogP contribution in [0.2, 0.25) is 0 Å². The minimum absolute atomic E-state index is 1.13. The van der Waals surface area contributed by atoms with Crippen molar-refractivity contribution in [3.05, 3.63) is 152 Å². The number of H-pyrrole nitrogens is 1. The van der Waals surface area contributed by atoms with Gasteiger partial charge in [0.15, 0.2) is 0 Å². The lowest BCUT2D eigenvalue weighted by Crippen LogP contribution is -2.10. The van der Waals surface area contributed by atoms with Gasteiger partial charge in [-0.3, -0.25) is 0 Å². The Kier molecular flexibility index (Phi) is 4.93. The molecule has 42 heavy (non-hydrogen) atoms. The van der Waals surface area contributed by atoms with Crippen LogP contribution in [0.3, 0.4) is 0 Å². The number of anilines is 3. The van der Waals surface area contributed by atoms with Crippen molar-refractivity contribution < 1.29 is 0 Å². The topological polar surface area (TPSA) is 19.0 Å². The number of nitrogens with one attached hydrogen (secondary N) is 1. The maximum Gasteiger partial charge on any atom is 0.0551 e. The van der Waals surface area contributed by atoms with E-state index < -0.39 is 0 Å². The summed E-state index contributed by atoms with van der Waals surface area (Å²) in [6, 6.07) is 54.8. The van der Waals surface area contributed by atoms with Gasteiger partial charge in [-0.2, -0.15) is 0 Å². The number of hydrogen-bond acceptors (Lipinski definition) is 1. The van der Waals surface area contributed by atoms with Crippen LogP contribution in [-0.4, -0.2) is 4.98 Å². The molecule has 0 unspecified atom stereocenters. The highest BCUT2D eigenvalue weighted by Gasteiger charge is 2.25. The third-order valence-electron chi connectivity index (χ3n) is 8.70. The summed E-state index contributed by atoms with van der Waals surface area (Å²) in [5, 5.41) is 6.39. The fraction of sp³-hybridized carbons (Fsp3) is 0. The van der Waals surface area contributed by atoms with Crippen LogP contribution < -0.4 is 4.90 Å². The van der Waals surface area contributed by atoms with E-state index in [0.29, 0.717) is 0 Å². The lowest BCUT2D eigenvalue weighted by atomic mass is 9.99. The van der Waals surface area contributed by atoms with E-state index in [1.165, 1.54) is 71.6 Å². The summed E-state index contributed by atoms with van der Waals surface area (Å²) in [6.45, 7) is 0.